The molecule has 0 saturated carbocycles. The summed E-state index contributed by atoms with van der Waals surface area (Å²) in [5.41, 5.74) is -0.877. The van der Waals surface area contributed by atoms with E-state index in [9.17, 15) is 25.4 Å². The van der Waals surface area contributed by atoms with Crippen molar-refractivity contribution in [2.45, 2.75) is 51.6 Å². The van der Waals surface area contributed by atoms with E-state index in [4.69, 9.17) is 0 Å². The van der Waals surface area contributed by atoms with Gasteiger partial charge in [0.15, 0.2) is 0 Å². The normalized spacial score (nSPS) is 12.6. The molecule has 0 saturated heterocycles. The van der Waals surface area contributed by atoms with Gasteiger partial charge in [-0.2, -0.15) is 0 Å². The van der Waals surface area contributed by atoms with Crippen LogP contribution in [0.3, 0.4) is 0 Å². The quantitative estimate of drug-likeness (QED) is 0.272. The molecule has 0 fully saturated rings. The number of hydrogen-bond acceptors (Lipinski definition) is 6. The van der Waals surface area contributed by atoms with Crippen LogP contribution in [-0.4, -0.2) is 25.8 Å². The van der Waals surface area contributed by atoms with E-state index < -0.39 is 11.1 Å². The molecule has 2 aromatic carbocycles. The lowest BCUT2D eigenvalue weighted by atomic mass is 9.94. The largest absolute Gasteiger partial charge is 0.594 e. The van der Waals surface area contributed by atoms with E-state index in [2.05, 4.69) is 5.11 Å². The minimum atomic E-state index is -1.25. The van der Waals surface area contributed by atoms with Crippen LogP contribution in [0.15, 0.2) is 53.6 Å². The molecule has 2 rings (SSSR count). The molecule has 0 heterocycles. The molecule has 9 heteroatoms. The molecule has 29 heavy (non-hydrogen) atoms. The first-order valence-corrected chi connectivity index (χ1v) is 9.08. The van der Waals surface area contributed by atoms with Gasteiger partial charge in [0, 0.05) is 67.1 Å². The Morgan fingerprint density at radius 3 is 1.76 bits per heavy atom. The highest BCUT2D eigenvalue weighted by Crippen LogP contribution is 2.29. The molecule has 0 bridgehead atoms. The molecule has 0 spiro atoms. The van der Waals surface area contributed by atoms with Gasteiger partial charge in [0.05, 0.1) is 0 Å². The van der Waals surface area contributed by atoms with E-state index in [1.807, 2.05) is 0 Å². The highest BCUT2D eigenvalue weighted by atomic mass is 16.6. The van der Waals surface area contributed by atoms with Gasteiger partial charge in [-0.15, -0.1) is 0 Å². The number of nitrogens with zero attached hydrogens (tertiary/aromatic N) is 4. The SMILES string of the molecule is CC(C)(Cc1ccccc1N=[N+]([O-])c1ccccc1CC(C)(C)[N+](=O)[O-])[N+](=O)[O-]. The van der Waals surface area contributed by atoms with Gasteiger partial charge < -0.3 is 5.21 Å². The minimum Gasteiger partial charge on any atom is -0.594 e. The summed E-state index contributed by atoms with van der Waals surface area (Å²) in [5.74, 6) is 0. The van der Waals surface area contributed by atoms with E-state index in [-0.39, 0.29) is 28.4 Å². The van der Waals surface area contributed by atoms with Crippen LogP contribution in [0.25, 0.3) is 0 Å². The van der Waals surface area contributed by atoms with Crippen molar-refractivity contribution in [2.24, 2.45) is 5.11 Å². The van der Waals surface area contributed by atoms with Gasteiger partial charge in [-0.25, -0.2) is 0 Å². The summed E-state index contributed by atoms with van der Waals surface area (Å²) in [6.07, 6.45) is 0.157. The summed E-state index contributed by atoms with van der Waals surface area (Å²) in [5, 5.41) is 39.4. The van der Waals surface area contributed by atoms with Crippen molar-refractivity contribution in [2.75, 3.05) is 0 Å². The van der Waals surface area contributed by atoms with Crippen molar-refractivity contribution in [3.8, 4) is 0 Å². The van der Waals surface area contributed by atoms with Crippen molar-refractivity contribution >= 4 is 11.4 Å². The maximum atomic E-state index is 12.8. The number of azo groups is 1. The van der Waals surface area contributed by atoms with Crippen LogP contribution >= 0.6 is 0 Å². The van der Waals surface area contributed by atoms with Gasteiger partial charge in [0.1, 0.15) is 5.69 Å². The second-order valence-electron chi connectivity index (χ2n) is 8.12. The molecule has 0 aliphatic carbocycles. The van der Waals surface area contributed by atoms with E-state index in [0.717, 1.165) is 0 Å². The highest BCUT2D eigenvalue weighted by molar-refractivity contribution is 5.46. The predicted molar refractivity (Wildman–Crippen MR) is 108 cm³/mol. The number of rotatable bonds is 8. The predicted octanol–water partition coefficient (Wildman–Crippen LogP) is 4.81. The first kappa shape index (κ1) is 21.9. The Morgan fingerprint density at radius 2 is 1.21 bits per heavy atom. The Bertz CT molecular complexity index is 953. The van der Waals surface area contributed by atoms with Crippen LogP contribution in [0.5, 0.6) is 0 Å². The number of hydrogen-bond donors (Lipinski definition) is 0. The maximum absolute atomic E-state index is 12.8. The molecule has 0 amide bonds. The van der Waals surface area contributed by atoms with Crippen LogP contribution in [0.1, 0.15) is 38.8 Å². The smallest absolute Gasteiger partial charge is 0.248 e. The molecular weight excluding hydrogens is 376 g/mol. The van der Waals surface area contributed by atoms with E-state index in [0.29, 0.717) is 21.7 Å². The topological polar surface area (TPSA) is 125 Å². The third-order valence-electron chi connectivity index (χ3n) is 4.62. The molecular formula is C20H24N4O5. The third kappa shape index (κ3) is 5.34. The lowest BCUT2D eigenvalue weighted by Crippen LogP contribution is -2.33. The Labute approximate surface area is 168 Å². The molecule has 0 N–H and O–H groups in total. The average Bonchev–Trinajstić information content (AvgIpc) is 2.63. The summed E-state index contributed by atoms with van der Waals surface area (Å²) in [6.45, 7) is 6.00. The van der Waals surface area contributed by atoms with E-state index in [1.54, 1.807) is 48.5 Å². The summed E-state index contributed by atoms with van der Waals surface area (Å²) in [6, 6.07) is 13.3. The van der Waals surface area contributed by atoms with Gasteiger partial charge in [0.25, 0.3) is 0 Å². The van der Waals surface area contributed by atoms with Gasteiger partial charge in [0.2, 0.25) is 16.8 Å². The lowest BCUT2D eigenvalue weighted by molar-refractivity contribution is -0.560. The van der Waals surface area contributed by atoms with Gasteiger partial charge in [-0.05, 0) is 16.5 Å². The molecule has 0 aromatic heterocycles. The van der Waals surface area contributed by atoms with Crippen molar-refractivity contribution in [3.63, 3.8) is 0 Å². The standard InChI is InChI=1S/C20H24N4O5/c1-19(2,23(26)27)13-15-9-5-7-11-17(15)21-22(25)18-12-8-6-10-16(18)14-20(3,4)24(28)29/h5-12H,13-14H2,1-4H3. The Kier molecular flexibility index (Phi) is 6.31. The summed E-state index contributed by atoms with van der Waals surface area (Å²) < 4.78 is 0. The molecule has 0 aliphatic rings. The molecule has 2 aromatic rings. The van der Waals surface area contributed by atoms with Crippen molar-refractivity contribution < 1.29 is 14.7 Å². The Hall–Kier alpha value is -3.36. The first-order valence-electron chi connectivity index (χ1n) is 9.08. The fourth-order valence-electron chi connectivity index (χ4n) is 2.82. The van der Waals surface area contributed by atoms with E-state index in [1.165, 1.54) is 27.7 Å². The summed E-state index contributed by atoms with van der Waals surface area (Å²) in [4.78, 5) is 22.2. The van der Waals surface area contributed by atoms with Crippen LogP contribution in [0.2, 0.25) is 0 Å². The second kappa shape index (κ2) is 8.34. The van der Waals surface area contributed by atoms with Crippen molar-refractivity contribution in [1.82, 2.24) is 0 Å². The summed E-state index contributed by atoms with van der Waals surface area (Å²) in [7, 11) is 0. The Balaban J connectivity index is 2.44. The molecule has 9 nitrogen and oxygen atoms in total. The lowest BCUT2D eigenvalue weighted by Gasteiger charge is -2.17. The molecule has 154 valence electrons. The van der Waals surface area contributed by atoms with Crippen LogP contribution < -0.4 is 0 Å². The van der Waals surface area contributed by atoms with Crippen LogP contribution in [0, 0.1) is 25.4 Å². The monoisotopic (exact) mass is 400 g/mol. The number of benzene rings is 2. The van der Waals surface area contributed by atoms with Crippen LogP contribution in [0.4, 0.5) is 11.4 Å². The molecule has 0 radical (unpaired) electrons. The molecule has 0 aliphatic heterocycles. The minimum absolute atomic E-state index is 0.0560. The van der Waals surface area contributed by atoms with Gasteiger partial charge >= 0.3 is 0 Å². The fourth-order valence-corrected chi connectivity index (χ4v) is 2.82. The first-order chi connectivity index (χ1) is 13.4. The zero-order valence-corrected chi connectivity index (χ0v) is 16.9. The van der Waals surface area contributed by atoms with Crippen molar-refractivity contribution in [1.29, 1.82) is 0 Å². The zero-order valence-electron chi connectivity index (χ0n) is 16.9. The molecule has 0 unspecified atom stereocenters. The summed E-state index contributed by atoms with van der Waals surface area (Å²) >= 11 is 0. The van der Waals surface area contributed by atoms with Crippen molar-refractivity contribution in [3.05, 3.63) is 85.1 Å². The maximum Gasteiger partial charge on any atom is 0.248 e. The number of nitro groups is 2. The van der Waals surface area contributed by atoms with Gasteiger partial charge in [-0.3, -0.25) is 20.2 Å². The number of para-hydroxylation sites is 1. The zero-order chi connectivity index (χ0) is 21.8. The average molecular weight is 400 g/mol. The van der Waals surface area contributed by atoms with Gasteiger partial charge in [-0.1, -0.05) is 36.4 Å². The molecule has 0 atom stereocenters. The second-order valence-corrected chi connectivity index (χ2v) is 8.12. The fraction of sp³-hybridized carbons (Fsp3) is 0.400. The van der Waals surface area contributed by atoms with Crippen LogP contribution in [-0.2, 0) is 12.8 Å². The third-order valence-corrected chi connectivity index (χ3v) is 4.62. The van der Waals surface area contributed by atoms with E-state index >= 15 is 0 Å². The highest BCUT2D eigenvalue weighted by Gasteiger charge is 2.34. The Morgan fingerprint density at radius 1 is 0.759 bits per heavy atom.